The quantitative estimate of drug-likeness (QED) is 0.877. The third-order valence-electron chi connectivity index (χ3n) is 2.40. The van der Waals surface area contributed by atoms with Gasteiger partial charge in [0.05, 0.1) is 6.54 Å². The number of rotatable bonds is 2. The molecule has 0 radical (unpaired) electrons. The van der Waals surface area contributed by atoms with Gasteiger partial charge in [-0.3, -0.25) is 9.59 Å². The Morgan fingerprint density at radius 3 is 2.68 bits per heavy atom. The van der Waals surface area contributed by atoms with Gasteiger partial charge >= 0.3 is 6.36 Å². The van der Waals surface area contributed by atoms with E-state index in [1.54, 1.807) is 0 Å². The van der Waals surface area contributed by atoms with Crippen molar-refractivity contribution in [2.75, 3.05) is 18.0 Å². The monoisotopic (exact) mass is 274 g/mol. The molecule has 0 aliphatic carbocycles. The maximum absolute atomic E-state index is 12.1. The fourth-order valence-corrected chi connectivity index (χ4v) is 1.64. The van der Waals surface area contributed by atoms with E-state index in [1.807, 2.05) is 0 Å². The summed E-state index contributed by atoms with van der Waals surface area (Å²) in [6, 6.07) is 4.92. The Bertz CT molecular complexity index is 516. The molecule has 2 amide bonds. The second-order valence-corrected chi connectivity index (χ2v) is 3.80. The highest BCUT2D eigenvalue weighted by atomic mass is 19.4. The van der Waals surface area contributed by atoms with E-state index >= 15 is 0 Å². The van der Waals surface area contributed by atoms with Gasteiger partial charge in [0.2, 0.25) is 11.8 Å². The van der Waals surface area contributed by atoms with Crippen LogP contribution in [0.15, 0.2) is 24.3 Å². The lowest BCUT2D eigenvalue weighted by molar-refractivity contribution is -0.274. The number of halogens is 3. The molecule has 19 heavy (non-hydrogen) atoms. The lowest BCUT2D eigenvalue weighted by Gasteiger charge is -2.26. The van der Waals surface area contributed by atoms with E-state index in [9.17, 15) is 22.8 Å². The van der Waals surface area contributed by atoms with E-state index in [-0.39, 0.29) is 24.7 Å². The number of alkyl halides is 3. The van der Waals surface area contributed by atoms with Crippen molar-refractivity contribution in [3.63, 3.8) is 0 Å². The van der Waals surface area contributed by atoms with Crippen LogP contribution in [0.5, 0.6) is 5.75 Å². The first kappa shape index (κ1) is 13.2. The summed E-state index contributed by atoms with van der Waals surface area (Å²) in [4.78, 5) is 23.9. The van der Waals surface area contributed by atoms with Crippen molar-refractivity contribution in [1.82, 2.24) is 5.32 Å². The van der Waals surface area contributed by atoms with Crippen LogP contribution < -0.4 is 15.0 Å². The maximum atomic E-state index is 12.1. The van der Waals surface area contributed by atoms with Crippen molar-refractivity contribution in [3.05, 3.63) is 24.3 Å². The first-order valence-corrected chi connectivity index (χ1v) is 5.28. The number of carbonyl (C=O) groups is 2. The Morgan fingerprint density at radius 1 is 1.26 bits per heavy atom. The maximum Gasteiger partial charge on any atom is 0.573 e. The van der Waals surface area contributed by atoms with Gasteiger partial charge in [0, 0.05) is 11.8 Å². The zero-order valence-corrected chi connectivity index (χ0v) is 9.53. The summed E-state index contributed by atoms with van der Waals surface area (Å²) in [6.07, 6.45) is -4.80. The minimum Gasteiger partial charge on any atom is -0.406 e. The number of hydrogen-bond donors (Lipinski definition) is 1. The summed E-state index contributed by atoms with van der Waals surface area (Å²) in [5.74, 6) is -1.21. The van der Waals surface area contributed by atoms with Crippen LogP contribution in [-0.2, 0) is 9.59 Å². The summed E-state index contributed by atoms with van der Waals surface area (Å²) in [5.41, 5.74) is 0.182. The molecule has 0 spiro atoms. The summed E-state index contributed by atoms with van der Waals surface area (Å²) < 4.78 is 40.0. The summed E-state index contributed by atoms with van der Waals surface area (Å²) in [5, 5.41) is 2.34. The molecule has 1 heterocycles. The average molecular weight is 274 g/mol. The Hall–Kier alpha value is -2.25. The molecule has 1 aromatic rings. The minimum absolute atomic E-state index is 0.177. The molecule has 1 fully saturated rings. The first-order chi connectivity index (χ1) is 8.85. The van der Waals surface area contributed by atoms with Gasteiger partial charge < -0.3 is 15.0 Å². The van der Waals surface area contributed by atoms with Gasteiger partial charge in [-0.2, -0.15) is 0 Å². The highest BCUT2D eigenvalue weighted by Crippen LogP contribution is 2.27. The van der Waals surface area contributed by atoms with Crippen LogP contribution in [-0.4, -0.2) is 31.3 Å². The molecule has 8 heteroatoms. The molecule has 2 rings (SSSR count). The molecule has 0 bridgehead atoms. The van der Waals surface area contributed by atoms with Crippen molar-refractivity contribution < 1.29 is 27.5 Å². The number of benzene rings is 1. The normalized spacial score (nSPS) is 16.3. The number of nitrogens with zero attached hydrogens (tertiary/aromatic N) is 1. The number of piperazine rings is 1. The van der Waals surface area contributed by atoms with E-state index in [4.69, 9.17) is 0 Å². The van der Waals surface area contributed by atoms with Crippen molar-refractivity contribution in [1.29, 1.82) is 0 Å². The van der Waals surface area contributed by atoms with Crippen molar-refractivity contribution in [2.45, 2.75) is 6.36 Å². The molecule has 1 aromatic carbocycles. The summed E-state index contributed by atoms with van der Waals surface area (Å²) >= 11 is 0. The van der Waals surface area contributed by atoms with E-state index < -0.39 is 18.0 Å². The zero-order valence-electron chi connectivity index (χ0n) is 9.53. The molecule has 5 nitrogen and oxygen atoms in total. The number of amides is 2. The molecule has 1 aliphatic heterocycles. The predicted molar refractivity (Wildman–Crippen MR) is 58.5 cm³/mol. The lowest BCUT2D eigenvalue weighted by atomic mass is 10.2. The highest BCUT2D eigenvalue weighted by Gasteiger charge is 2.31. The van der Waals surface area contributed by atoms with Gasteiger partial charge in [-0.05, 0) is 12.1 Å². The van der Waals surface area contributed by atoms with Crippen LogP contribution in [0.3, 0.4) is 0 Å². The average Bonchev–Trinajstić information content (AvgIpc) is 2.30. The van der Waals surface area contributed by atoms with Crippen LogP contribution in [0.2, 0.25) is 0 Å². The SMILES string of the molecule is O=C1CN(c2cccc(OC(F)(F)F)c2)C(=O)CN1. The molecule has 1 saturated heterocycles. The predicted octanol–water partition coefficient (Wildman–Crippen LogP) is 1.05. The topological polar surface area (TPSA) is 58.6 Å². The number of ether oxygens (including phenoxy) is 1. The first-order valence-electron chi connectivity index (χ1n) is 5.28. The van der Waals surface area contributed by atoms with Crippen LogP contribution in [0.1, 0.15) is 0 Å². The van der Waals surface area contributed by atoms with Crippen molar-refractivity contribution in [3.8, 4) is 5.75 Å². The fraction of sp³-hybridized carbons (Fsp3) is 0.273. The molecular formula is C11H9F3N2O3. The smallest absolute Gasteiger partial charge is 0.406 e. The molecule has 0 aromatic heterocycles. The molecule has 0 unspecified atom stereocenters. The van der Waals surface area contributed by atoms with Crippen LogP contribution in [0.25, 0.3) is 0 Å². The van der Waals surface area contributed by atoms with E-state index in [0.717, 1.165) is 17.0 Å². The number of anilines is 1. The number of nitrogens with one attached hydrogen (secondary N) is 1. The third kappa shape index (κ3) is 3.36. The number of hydrogen-bond acceptors (Lipinski definition) is 3. The van der Waals surface area contributed by atoms with Gasteiger partial charge in [0.1, 0.15) is 12.3 Å². The van der Waals surface area contributed by atoms with Crippen LogP contribution >= 0.6 is 0 Å². The van der Waals surface area contributed by atoms with E-state index in [2.05, 4.69) is 10.1 Å². The van der Waals surface area contributed by atoms with Crippen LogP contribution in [0.4, 0.5) is 18.9 Å². The van der Waals surface area contributed by atoms with Gasteiger partial charge in [0.15, 0.2) is 0 Å². The largest absolute Gasteiger partial charge is 0.573 e. The highest BCUT2D eigenvalue weighted by molar-refractivity contribution is 6.04. The molecule has 1 aliphatic rings. The molecule has 1 N–H and O–H groups in total. The molecular weight excluding hydrogens is 265 g/mol. The Kier molecular flexibility index (Phi) is 3.32. The Morgan fingerprint density at radius 2 is 2.00 bits per heavy atom. The molecule has 0 atom stereocenters. The minimum atomic E-state index is -4.80. The third-order valence-corrected chi connectivity index (χ3v) is 2.40. The number of carbonyl (C=O) groups excluding carboxylic acids is 2. The van der Waals surface area contributed by atoms with Crippen LogP contribution in [0, 0.1) is 0 Å². The summed E-state index contributed by atoms with van der Waals surface area (Å²) in [7, 11) is 0. The fourth-order valence-electron chi connectivity index (χ4n) is 1.64. The van der Waals surface area contributed by atoms with E-state index in [1.165, 1.54) is 12.1 Å². The van der Waals surface area contributed by atoms with Crippen molar-refractivity contribution in [2.24, 2.45) is 0 Å². The Balaban J connectivity index is 2.22. The lowest BCUT2D eigenvalue weighted by Crippen LogP contribution is -2.51. The second kappa shape index (κ2) is 4.79. The van der Waals surface area contributed by atoms with Gasteiger partial charge in [0.25, 0.3) is 0 Å². The summed E-state index contributed by atoms with van der Waals surface area (Å²) in [6.45, 7) is -0.405. The van der Waals surface area contributed by atoms with Gasteiger partial charge in [-0.15, -0.1) is 13.2 Å². The second-order valence-electron chi connectivity index (χ2n) is 3.80. The van der Waals surface area contributed by atoms with Gasteiger partial charge in [-0.25, -0.2) is 0 Å². The Labute approximate surface area is 105 Å². The molecule has 0 saturated carbocycles. The standard InChI is InChI=1S/C11H9F3N2O3/c12-11(13,14)19-8-3-1-2-7(4-8)16-6-9(17)15-5-10(16)18/h1-4H,5-6H2,(H,15,17). The van der Waals surface area contributed by atoms with Crippen molar-refractivity contribution >= 4 is 17.5 Å². The zero-order chi connectivity index (χ0) is 14.0. The molecule has 102 valence electrons. The van der Waals surface area contributed by atoms with E-state index in [0.29, 0.717) is 0 Å². The van der Waals surface area contributed by atoms with Gasteiger partial charge in [-0.1, -0.05) is 6.07 Å².